The Balaban J connectivity index is 1.67. The summed E-state index contributed by atoms with van der Waals surface area (Å²) in [5, 5.41) is 15.9. The Bertz CT molecular complexity index is 1640. The molecule has 11 nitrogen and oxygen atoms in total. The number of esters is 1. The number of carbonyl (C=O) groups excluding carboxylic acids is 2. The van der Waals surface area contributed by atoms with E-state index < -0.39 is 29.1 Å². The molecule has 0 aliphatic carbocycles. The molecular formula is C36H42FN5O6S. The van der Waals surface area contributed by atoms with E-state index in [1.807, 2.05) is 0 Å². The van der Waals surface area contributed by atoms with Gasteiger partial charge in [0.25, 0.3) is 5.91 Å². The molecule has 0 saturated carbocycles. The monoisotopic (exact) mass is 691 g/mol. The summed E-state index contributed by atoms with van der Waals surface area (Å²) in [5.41, 5.74) is 9.56. The molecule has 4 rings (SSSR count). The van der Waals surface area contributed by atoms with Crippen LogP contribution in [0.1, 0.15) is 68.4 Å². The van der Waals surface area contributed by atoms with Crippen LogP contribution in [0.4, 0.5) is 4.39 Å². The van der Waals surface area contributed by atoms with Crippen molar-refractivity contribution in [2.45, 2.75) is 69.6 Å². The highest BCUT2D eigenvalue weighted by Crippen LogP contribution is 2.44. The van der Waals surface area contributed by atoms with Gasteiger partial charge in [0.2, 0.25) is 5.90 Å². The van der Waals surface area contributed by atoms with Crippen LogP contribution >= 0.6 is 11.8 Å². The van der Waals surface area contributed by atoms with Gasteiger partial charge in [-0.1, -0.05) is 41.5 Å². The van der Waals surface area contributed by atoms with Crippen molar-refractivity contribution in [3.8, 4) is 5.75 Å². The molecule has 1 heterocycles. The van der Waals surface area contributed by atoms with Crippen LogP contribution in [-0.4, -0.2) is 59.5 Å². The Labute approximate surface area is 289 Å². The molecule has 0 unspecified atom stereocenters. The van der Waals surface area contributed by atoms with Gasteiger partial charge in [-0.15, -0.1) is 0 Å². The second-order valence-corrected chi connectivity index (χ2v) is 13.5. The van der Waals surface area contributed by atoms with Crippen LogP contribution in [0.25, 0.3) is 10.4 Å². The standard InChI is InChI=1S/C36H42FN5O6S/c1-35(2,3)48-31(44)17-18-36(34(45)39-19-22-49-24-25-9-13-28(37)14-10-25)32(30-8-5-4-7-27(30)23-40-42-38)47-33(41-36)26-11-15-29(16-12-26)46-21-6-20-43/h4-5,7-16,32,43H,6,17-24H2,1-3H3,(H,39,45)/t32-,36-/m1/s1. The molecule has 0 bridgehead atoms. The Morgan fingerprint density at radius 2 is 1.86 bits per heavy atom. The van der Waals surface area contributed by atoms with Crippen molar-refractivity contribution in [2.75, 3.05) is 25.5 Å². The van der Waals surface area contributed by atoms with Gasteiger partial charge in [0.1, 0.15) is 17.2 Å². The predicted molar refractivity (Wildman–Crippen MR) is 187 cm³/mol. The molecule has 0 spiro atoms. The average Bonchev–Trinajstić information content (AvgIpc) is 3.47. The Morgan fingerprint density at radius 1 is 1.12 bits per heavy atom. The summed E-state index contributed by atoms with van der Waals surface area (Å²) in [6, 6.07) is 20.5. The molecule has 1 aliphatic rings. The maximum absolute atomic E-state index is 14.4. The molecule has 3 aromatic rings. The largest absolute Gasteiger partial charge is 0.494 e. The predicted octanol–water partition coefficient (Wildman–Crippen LogP) is 6.83. The van der Waals surface area contributed by atoms with Gasteiger partial charge < -0.3 is 24.6 Å². The number of amides is 1. The third-order valence-corrected chi connectivity index (χ3v) is 8.55. The third-order valence-electron chi connectivity index (χ3n) is 7.52. The topological polar surface area (TPSA) is 155 Å². The molecule has 13 heteroatoms. The number of rotatable bonds is 17. The van der Waals surface area contributed by atoms with Gasteiger partial charge >= 0.3 is 5.97 Å². The fourth-order valence-electron chi connectivity index (χ4n) is 5.23. The van der Waals surface area contributed by atoms with Crippen LogP contribution in [-0.2, 0) is 31.4 Å². The minimum Gasteiger partial charge on any atom is -0.494 e. The SMILES string of the molecule is CC(C)(C)OC(=O)CC[C@@]1(C(=O)NCCSCc2ccc(F)cc2)N=C(c2ccc(OCCCO)cc2)O[C@@H]1c1ccccc1CN=[N+]=[N-]. The highest BCUT2D eigenvalue weighted by atomic mass is 32.2. The van der Waals surface area contributed by atoms with E-state index in [1.165, 1.54) is 12.1 Å². The summed E-state index contributed by atoms with van der Waals surface area (Å²) in [6.07, 6.45) is -0.615. The molecule has 3 aromatic carbocycles. The van der Waals surface area contributed by atoms with Crippen LogP contribution in [0.2, 0.25) is 0 Å². The van der Waals surface area contributed by atoms with Crippen molar-refractivity contribution in [1.82, 2.24) is 5.32 Å². The summed E-state index contributed by atoms with van der Waals surface area (Å²) >= 11 is 1.58. The van der Waals surface area contributed by atoms with Gasteiger partial charge in [-0.3, -0.25) is 9.59 Å². The van der Waals surface area contributed by atoms with E-state index in [0.717, 1.165) is 5.56 Å². The second-order valence-electron chi connectivity index (χ2n) is 12.4. The van der Waals surface area contributed by atoms with E-state index in [9.17, 15) is 14.0 Å². The number of nitrogens with one attached hydrogen (secondary N) is 1. The van der Waals surface area contributed by atoms with Crippen molar-refractivity contribution in [3.05, 3.63) is 111 Å². The molecule has 260 valence electrons. The first-order valence-electron chi connectivity index (χ1n) is 16.1. The van der Waals surface area contributed by atoms with Gasteiger partial charge in [0.05, 0.1) is 13.2 Å². The smallest absolute Gasteiger partial charge is 0.306 e. The zero-order valence-electron chi connectivity index (χ0n) is 27.9. The molecular weight excluding hydrogens is 649 g/mol. The van der Waals surface area contributed by atoms with Crippen LogP contribution < -0.4 is 10.1 Å². The van der Waals surface area contributed by atoms with Crippen molar-refractivity contribution in [1.29, 1.82) is 0 Å². The molecule has 0 radical (unpaired) electrons. The van der Waals surface area contributed by atoms with Gasteiger partial charge in [0, 0.05) is 48.0 Å². The molecule has 2 atom stereocenters. The summed E-state index contributed by atoms with van der Waals surface area (Å²) in [4.78, 5) is 35.3. The van der Waals surface area contributed by atoms with E-state index in [0.29, 0.717) is 53.5 Å². The van der Waals surface area contributed by atoms with Crippen molar-refractivity contribution >= 4 is 29.5 Å². The highest BCUT2D eigenvalue weighted by Gasteiger charge is 2.53. The number of hydrogen-bond donors (Lipinski definition) is 2. The summed E-state index contributed by atoms with van der Waals surface area (Å²) < 4.78 is 31.1. The maximum atomic E-state index is 14.4. The number of ether oxygens (including phenoxy) is 3. The lowest BCUT2D eigenvalue weighted by molar-refractivity contribution is -0.155. The number of thioether (sulfide) groups is 1. The zero-order valence-corrected chi connectivity index (χ0v) is 28.7. The second kappa shape index (κ2) is 17.7. The van der Waals surface area contributed by atoms with Crippen molar-refractivity contribution in [3.63, 3.8) is 0 Å². The van der Waals surface area contributed by atoms with Gasteiger partial charge in [-0.2, -0.15) is 11.8 Å². The van der Waals surface area contributed by atoms with Crippen LogP contribution in [0, 0.1) is 5.82 Å². The van der Waals surface area contributed by atoms with E-state index in [2.05, 4.69) is 15.3 Å². The Kier molecular flexibility index (Phi) is 13.5. The van der Waals surface area contributed by atoms with Gasteiger partial charge in [-0.05, 0) is 85.8 Å². The molecule has 0 saturated heterocycles. The van der Waals surface area contributed by atoms with Gasteiger partial charge in [-0.25, -0.2) is 9.38 Å². The number of nitrogens with zero attached hydrogens (tertiary/aromatic N) is 4. The number of aliphatic hydroxyl groups excluding tert-OH is 1. The minimum absolute atomic E-state index is 0.0194. The van der Waals surface area contributed by atoms with Crippen molar-refractivity contribution < 1.29 is 33.3 Å². The quantitative estimate of drug-likeness (QED) is 0.0517. The highest BCUT2D eigenvalue weighted by molar-refractivity contribution is 7.98. The fourth-order valence-corrected chi connectivity index (χ4v) is 6.05. The Hall–Kier alpha value is -4.58. The number of azide groups is 1. The van der Waals surface area contributed by atoms with Crippen LogP contribution in [0.3, 0.4) is 0 Å². The molecule has 1 aliphatic heterocycles. The number of aliphatic hydroxyl groups is 1. The normalized spacial score (nSPS) is 17.0. The van der Waals surface area contributed by atoms with Crippen molar-refractivity contribution in [2.24, 2.45) is 10.1 Å². The number of hydrogen-bond acceptors (Lipinski definition) is 9. The summed E-state index contributed by atoms with van der Waals surface area (Å²) in [7, 11) is 0. The fraction of sp³-hybridized carbons (Fsp3) is 0.417. The third kappa shape index (κ3) is 10.7. The van der Waals surface area contributed by atoms with Crippen LogP contribution in [0.5, 0.6) is 5.75 Å². The lowest BCUT2D eigenvalue weighted by atomic mass is 9.81. The van der Waals surface area contributed by atoms with E-state index in [4.69, 9.17) is 29.8 Å². The molecule has 0 aromatic heterocycles. The first-order chi connectivity index (χ1) is 23.5. The zero-order chi connectivity index (χ0) is 35.3. The average molecular weight is 692 g/mol. The van der Waals surface area contributed by atoms with E-state index >= 15 is 0 Å². The van der Waals surface area contributed by atoms with Crippen LogP contribution in [0.15, 0.2) is 82.9 Å². The molecule has 49 heavy (non-hydrogen) atoms. The minimum atomic E-state index is -1.59. The number of carbonyl (C=O) groups is 2. The van der Waals surface area contributed by atoms with Gasteiger partial charge in [0.15, 0.2) is 11.6 Å². The molecule has 2 N–H and O–H groups in total. The number of halogens is 1. The van der Waals surface area contributed by atoms with E-state index in [1.54, 1.807) is 93.2 Å². The number of benzene rings is 3. The lowest BCUT2D eigenvalue weighted by Crippen LogP contribution is -2.49. The molecule has 1 amide bonds. The summed E-state index contributed by atoms with van der Waals surface area (Å²) in [6.45, 7) is 6.02. The van der Waals surface area contributed by atoms with E-state index in [-0.39, 0.29) is 37.7 Å². The Morgan fingerprint density at radius 3 is 2.55 bits per heavy atom. The lowest BCUT2D eigenvalue weighted by Gasteiger charge is -2.32. The maximum Gasteiger partial charge on any atom is 0.306 e. The number of aliphatic imine (C=N–C) groups is 1. The first kappa shape index (κ1) is 37.2. The summed E-state index contributed by atoms with van der Waals surface area (Å²) in [5.74, 6) is 0.799. The first-order valence-corrected chi connectivity index (χ1v) is 17.2. The molecule has 0 fully saturated rings.